The summed E-state index contributed by atoms with van der Waals surface area (Å²) in [5.74, 6) is 0.349. The Morgan fingerprint density at radius 2 is 2.24 bits per heavy atom. The van der Waals surface area contributed by atoms with Crippen molar-refractivity contribution in [3.8, 4) is 0 Å². The van der Waals surface area contributed by atoms with E-state index in [1.165, 1.54) is 0 Å². The molecular formula is C10H17N5O2. The number of aromatic nitrogens is 3. The number of nitrogen functional groups attached to an aromatic ring is 1. The van der Waals surface area contributed by atoms with Crippen LogP contribution < -0.4 is 5.73 Å². The second-order valence-electron chi connectivity index (χ2n) is 4.41. The number of aliphatic hydroxyl groups excluding tert-OH is 1. The number of nitrogens with zero attached hydrogens (tertiary/aromatic N) is 3. The van der Waals surface area contributed by atoms with Gasteiger partial charge >= 0.3 is 0 Å². The van der Waals surface area contributed by atoms with Crippen LogP contribution in [-0.2, 0) is 0 Å². The molecule has 1 aliphatic heterocycles. The Morgan fingerprint density at radius 1 is 1.59 bits per heavy atom. The zero-order valence-electron chi connectivity index (χ0n) is 9.76. The van der Waals surface area contributed by atoms with Crippen LogP contribution in [0.2, 0.25) is 0 Å². The quantitative estimate of drug-likeness (QED) is 0.652. The summed E-state index contributed by atoms with van der Waals surface area (Å²) in [7, 11) is 0. The molecule has 0 radical (unpaired) electrons. The Kier molecular flexibility index (Phi) is 3.28. The Morgan fingerprint density at radius 3 is 2.71 bits per heavy atom. The van der Waals surface area contributed by atoms with E-state index >= 15 is 0 Å². The van der Waals surface area contributed by atoms with Gasteiger partial charge in [-0.1, -0.05) is 0 Å². The molecule has 17 heavy (non-hydrogen) atoms. The molecule has 7 nitrogen and oxygen atoms in total. The fourth-order valence-electron chi connectivity index (χ4n) is 2.11. The number of rotatable bonds is 2. The van der Waals surface area contributed by atoms with Gasteiger partial charge in [0.15, 0.2) is 0 Å². The molecule has 2 rings (SSSR count). The fourth-order valence-corrected chi connectivity index (χ4v) is 2.11. The maximum absolute atomic E-state index is 12.0. The number of anilines is 1. The van der Waals surface area contributed by atoms with Gasteiger partial charge in [-0.05, 0) is 25.7 Å². The number of hydrogen-bond acceptors (Lipinski definition) is 5. The van der Waals surface area contributed by atoms with E-state index in [1.54, 1.807) is 11.8 Å². The first kappa shape index (κ1) is 11.8. The van der Waals surface area contributed by atoms with Crippen LogP contribution in [0.15, 0.2) is 0 Å². The van der Waals surface area contributed by atoms with Gasteiger partial charge in [0.1, 0.15) is 0 Å². The molecule has 0 aliphatic carbocycles. The average Bonchev–Trinajstić information content (AvgIpc) is 2.75. The Bertz CT molecular complexity index is 395. The van der Waals surface area contributed by atoms with Gasteiger partial charge in [0.05, 0.1) is 6.10 Å². The molecule has 0 bridgehead atoms. The first-order chi connectivity index (χ1) is 8.08. The monoisotopic (exact) mass is 239 g/mol. The summed E-state index contributed by atoms with van der Waals surface area (Å²) in [6.07, 6.45) is 1.31. The van der Waals surface area contributed by atoms with Crippen molar-refractivity contribution in [3.63, 3.8) is 0 Å². The standard InChI is InChI=1S/C10H17N5O2/c1-6(16)7-2-4-15(5-3-7)9(17)8-12-10(11)14-13-8/h6-7,16H,2-5H2,1H3,(H3,11,12,13,14). The van der Waals surface area contributed by atoms with E-state index in [4.69, 9.17) is 5.73 Å². The summed E-state index contributed by atoms with van der Waals surface area (Å²) in [4.78, 5) is 17.5. The lowest BCUT2D eigenvalue weighted by Crippen LogP contribution is -2.41. The largest absolute Gasteiger partial charge is 0.393 e. The van der Waals surface area contributed by atoms with Crippen LogP contribution in [-0.4, -0.2) is 50.3 Å². The molecule has 0 spiro atoms. The highest BCUT2D eigenvalue weighted by molar-refractivity contribution is 5.90. The van der Waals surface area contributed by atoms with Crippen LogP contribution in [0.4, 0.5) is 5.95 Å². The minimum absolute atomic E-state index is 0.0761. The molecule has 0 aromatic carbocycles. The maximum Gasteiger partial charge on any atom is 0.291 e. The lowest BCUT2D eigenvalue weighted by molar-refractivity contribution is 0.0512. The minimum Gasteiger partial charge on any atom is -0.393 e. The van der Waals surface area contributed by atoms with Gasteiger partial charge in [0.2, 0.25) is 11.8 Å². The minimum atomic E-state index is -0.312. The Hall–Kier alpha value is -1.63. The molecule has 1 atom stereocenters. The van der Waals surface area contributed by atoms with Crippen molar-refractivity contribution in [3.05, 3.63) is 5.82 Å². The van der Waals surface area contributed by atoms with E-state index in [1.807, 2.05) is 0 Å². The van der Waals surface area contributed by atoms with Crippen LogP contribution in [0.25, 0.3) is 0 Å². The smallest absolute Gasteiger partial charge is 0.291 e. The van der Waals surface area contributed by atoms with E-state index in [0.717, 1.165) is 12.8 Å². The van der Waals surface area contributed by atoms with Gasteiger partial charge < -0.3 is 15.7 Å². The summed E-state index contributed by atoms with van der Waals surface area (Å²) < 4.78 is 0. The van der Waals surface area contributed by atoms with Crippen molar-refractivity contribution in [1.29, 1.82) is 0 Å². The van der Waals surface area contributed by atoms with E-state index in [2.05, 4.69) is 15.2 Å². The highest BCUT2D eigenvalue weighted by Crippen LogP contribution is 2.21. The molecule has 1 aromatic rings. The molecular weight excluding hydrogens is 222 g/mol. The summed E-state index contributed by atoms with van der Waals surface area (Å²) in [5, 5.41) is 15.6. The van der Waals surface area contributed by atoms with Crippen molar-refractivity contribution in [1.82, 2.24) is 20.1 Å². The van der Waals surface area contributed by atoms with E-state index < -0.39 is 0 Å². The SMILES string of the molecule is CC(O)C1CCN(C(=O)c2nc(N)n[nH]2)CC1. The molecule has 1 aromatic heterocycles. The van der Waals surface area contributed by atoms with Gasteiger partial charge in [-0.15, -0.1) is 5.10 Å². The second kappa shape index (κ2) is 4.70. The van der Waals surface area contributed by atoms with Crippen LogP contribution in [0.3, 0.4) is 0 Å². The molecule has 1 fully saturated rings. The van der Waals surface area contributed by atoms with Crippen molar-refractivity contribution >= 4 is 11.9 Å². The lowest BCUT2D eigenvalue weighted by Gasteiger charge is -2.32. The van der Waals surface area contributed by atoms with E-state index in [9.17, 15) is 9.90 Å². The van der Waals surface area contributed by atoms with Crippen LogP contribution in [0, 0.1) is 5.92 Å². The van der Waals surface area contributed by atoms with Crippen molar-refractivity contribution < 1.29 is 9.90 Å². The van der Waals surface area contributed by atoms with Crippen molar-refractivity contribution in [2.24, 2.45) is 5.92 Å². The van der Waals surface area contributed by atoms with Crippen molar-refractivity contribution in [2.75, 3.05) is 18.8 Å². The number of amides is 1. The Balaban J connectivity index is 1.95. The summed E-state index contributed by atoms with van der Waals surface area (Å²) >= 11 is 0. The molecule has 1 unspecified atom stereocenters. The number of nitrogens with one attached hydrogen (secondary N) is 1. The maximum atomic E-state index is 12.0. The number of carbonyl (C=O) groups excluding carboxylic acids is 1. The number of aromatic amines is 1. The molecule has 2 heterocycles. The third-order valence-corrected chi connectivity index (χ3v) is 3.21. The molecule has 7 heteroatoms. The topological polar surface area (TPSA) is 108 Å². The summed E-state index contributed by atoms with van der Waals surface area (Å²) in [6.45, 7) is 3.06. The van der Waals surface area contributed by atoms with Crippen LogP contribution >= 0.6 is 0 Å². The zero-order valence-corrected chi connectivity index (χ0v) is 9.76. The third kappa shape index (κ3) is 2.55. The normalized spacial score (nSPS) is 19.3. The predicted octanol–water partition coefficient (Wildman–Crippen LogP) is -0.380. The number of aliphatic hydroxyl groups is 1. The fraction of sp³-hybridized carbons (Fsp3) is 0.700. The summed E-state index contributed by atoms with van der Waals surface area (Å²) in [5.41, 5.74) is 5.35. The molecule has 1 saturated heterocycles. The zero-order chi connectivity index (χ0) is 12.4. The number of nitrogens with two attached hydrogens (primary N) is 1. The van der Waals surface area contributed by atoms with Gasteiger partial charge in [0, 0.05) is 13.1 Å². The highest BCUT2D eigenvalue weighted by atomic mass is 16.3. The lowest BCUT2D eigenvalue weighted by atomic mass is 9.92. The number of H-pyrrole nitrogens is 1. The first-order valence-electron chi connectivity index (χ1n) is 5.73. The van der Waals surface area contributed by atoms with Gasteiger partial charge in [-0.2, -0.15) is 4.98 Å². The number of carbonyl (C=O) groups is 1. The van der Waals surface area contributed by atoms with Crippen LogP contribution in [0.5, 0.6) is 0 Å². The highest BCUT2D eigenvalue weighted by Gasteiger charge is 2.27. The van der Waals surface area contributed by atoms with E-state index in [0.29, 0.717) is 13.1 Å². The number of likely N-dealkylation sites (tertiary alicyclic amines) is 1. The summed E-state index contributed by atoms with van der Waals surface area (Å²) in [6, 6.07) is 0. The molecule has 1 amide bonds. The third-order valence-electron chi connectivity index (χ3n) is 3.21. The van der Waals surface area contributed by atoms with Gasteiger partial charge in [0.25, 0.3) is 5.91 Å². The molecule has 0 saturated carbocycles. The van der Waals surface area contributed by atoms with Crippen molar-refractivity contribution in [2.45, 2.75) is 25.9 Å². The first-order valence-corrected chi connectivity index (χ1v) is 5.73. The molecule has 1 aliphatic rings. The number of hydrogen-bond donors (Lipinski definition) is 3. The Labute approximate surface area is 99.0 Å². The van der Waals surface area contributed by atoms with Gasteiger partial charge in [-0.3, -0.25) is 9.89 Å². The van der Waals surface area contributed by atoms with E-state index in [-0.39, 0.29) is 29.7 Å². The second-order valence-corrected chi connectivity index (χ2v) is 4.41. The average molecular weight is 239 g/mol. The molecule has 4 N–H and O–H groups in total. The van der Waals surface area contributed by atoms with Gasteiger partial charge in [-0.25, -0.2) is 0 Å². The number of piperidine rings is 1. The predicted molar refractivity (Wildman–Crippen MR) is 61.1 cm³/mol. The van der Waals surface area contributed by atoms with Crippen LogP contribution in [0.1, 0.15) is 30.4 Å². The molecule has 94 valence electrons.